The van der Waals surface area contributed by atoms with E-state index in [0.29, 0.717) is 23.5 Å². The second-order valence-electron chi connectivity index (χ2n) is 6.30. The third-order valence-corrected chi connectivity index (χ3v) is 4.68. The van der Waals surface area contributed by atoms with Crippen molar-refractivity contribution >= 4 is 34.8 Å². The van der Waals surface area contributed by atoms with Gasteiger partial charge in [0.25, 0.3) is 5.91 Å². The molecule has 1 aliphatic rings. The Balaban J connectivity index is 1.88. The molecule has 1 aliphatic heterocycles. The van der Waals surface area contributed by atoms with Gasteiger partial charge < -0.3 is 15.0 Å². The first-order valence-electron chi connectivity index (χ1n) is 8.79. The van der Waals surface area contributed by atoms with Crippen LogP contribution in [0.1, 0.15) is 31.7 Å². The van der Waals surface area contributed by atoms with E-state index in [1.807, 2.05) is 6.92 Å². The Morgan fingerprint density at radius 3 is 2.89 bits per heavy atom. The Bertz CT molecular complexity index is 852. The van der Waals surface area contributed by atoms with Crippen LogP contribution in [0, 0.1) is 5.82 Å². The summed E-state index contributed by atoms with van der Waals surface area (Å²) in [5, 5.41) is 3.07. The molecule has 0 saturated carbocycles. The number of unbranched alkanes of at least 4 members (excludes halogenated alkanes) is 1. The lowest BCUT2D eigenvalue weighted by Crippen LogP contribution is -2.38. The molecule has 2 amide bonds. The maximum absolute atomic E-state index is 14.2. The van der Waals surface area contributed by atoms with Crippen molar-refractivity contribution in [1.82, 2.24) is 0 Å². The fraction of sp³-hybridized carbons (Fsp3) is 0.300. The summed E-state index contributed by atoms with van der Waals surface area (Å²) in [5.41, 5.74) is 1.26. The molecule has 0 aromatic heterocycles. The van der Waals surface area contributed by atoms with Crippen LogP contribution >= 0.6 is 11.6 Å². The molecular weight excluding hydrogens is 371 g/mol. The van der Waals surface area contributed by atoms with Gasteiger partial charge in [0.2, 0.25) is 5.91 Å². The van der Waals surface area contributed by atoms with E-state index in [4.69, 9.17) is 16.3 Å². The lowest BCUT2D eigenvalue weighted by atomic mass is 10.1. The normalized spacial score (nSPS) is 13.1. The van der Waals surface area contributed by atoms with Gasteiger partial charge in [-0.05, 0) is 36.8 Å². The van der Waals surface area contributed by atoms with E-state index >= 15 is 0 Å². The largest absolute Gasteiger partial charge is 0.482 e. The molecule has 0 unspecified atom stereocenters. The second-order valence-corrected chi connectivity index (χ2v) is 6.71. The predicted molar refractivity (Wildman–Crippen MR) is 103 cm³/mol. The number of halogens is 2. The number of hydrogen-bond donors (Lipinski definition) is 1. The molecule has 2 aromatic rings. The van der Waals surface area contributed by atoms with Gasteiger partial charge in [0.1, 0.15) is 11.6 Å². The highest BCUT2D eigenvalue weighted by molar-refractivity contribution is 6.31. The number of rotatable bonds is 6. The van der Waals surface area contributed by atoms with Gasteiger partial charge in [0, 0.05) is 22.7 Å². The van der Waals surface area contributed by atoms with E-state index in [2.05, 4.69) is 5.32 Å². The van der Waals surface area contributed by atoms with Crippen LogP contribution < -0.4 is 15.0 Å². The number of ether oxygens (including phenoxy) is 1. The maximum Gasteiger partial charge on any atom is 0.265 e. The van der Waals surface area contributed by atoms with Crippen LogP contribution in [0.5, 0.6) is 5.75 Å². The quantitative estimate of drug-likeness (QED) is 0.788. The topological polar surface area (TPSA) is 58.6 Å². The van der Waals surface area contributed by atoms with Gasteiger partial charge >= 0.3 is 0 Å². The molecule has 0 atom stereocenters. The van der Waals surface area contributed by atoms with Gasteiger partial charge in [0.05, 0.1) is 12.2 Å². The minimum atomic E-state index is -0.479. The van der Waals surface area contributed by atoms with Crippen LogP contribution in [0.4, 0.5) is 15.8 Å². The van der Waals surface area contributed by atoms with Crippen LogP contribution in [0.25, 0.3) is 0 Å². The molecular formula is C20H20ClFN2O3. The average molecular weight is 391 g/mol. The summed E-state index contributed by atoms with van der Waals surface area (Å²) in [7, 11) is 0. The number of benzene rings is 2. The number of anilines is 2. The minimum absolute atomic E-state index is 0.0199. The summed E-state index contributed by atoms with van der Waals surface area (Å²) in [6, 6.07) is 9.46. The molecule has 2 aromatic carbocycles. The fourth-order valence-electron chi connectivity index (χ4n) is 2.86. The van der Waals surface area contributed by atoms with Crippen LogP contribution in [-0.2, 0) is 16.1 Å². The molecule has 27 heavy (non-hydrogen) atoms. The molecule has 0 fully saturated rings. The second kappa shape index (κ2) is 8.39. The van der Waals surface area contributed by atoms with E-state index in [1.165, 1.54) is 17.0 Å². The van der Waals surface area contributed by atoms with Gasteiger partial charge in [-0.25, -0.2) is 4.39 Å². The Labute approximate surface area is 162 Å². The molecule has 1 heterocycles. The smallest absolute Gasteiger partial charge is 0.265 e. The number of carbonyl (C=O) groups excluding carboxylic acids is 2. The maximum atomic E-state index is 14.2. The molecule has 7 heteroatoms. The van der Waals surface area contributed by atoms with Gasteiger partial charge in [-0.2, -0.15) is 0 Å². The number of nitrogens with one attached hydrogen (secondary N) is 1. The van der Waals surface area contributed by atoms with Crippen LogP contribution in [0.3, 0.4) is 0 Å². The molecule has 0 spiro atoms. The van der Waals surface area contributed by atoms with E-state index in [0.717, 1.165) is 12.8 Å². The van der Waals surface area contributed by atoms with Crippen molar-refractivity contribution in [2.75, 3.05) is 16.8 Å². The van der Waals surface area contributed by atoms with Gasteiger partial charge in [0.15, 0.2) is 6.61 Å². The Hall–Kier alpha value is -2.60. The van der Waals surface area contributed by atoms with Crippen LogP contribution in [0.15, 0.2) is 36.4 Å². The fourth-order valence-corrected chi connectivity index (χ4v) is 3.08. The van der Waals surface area contributed by atoms with Crippen molar-refractivity contribution in [3.8, 4) is 5.75 Å². The lowest BCUT2D eigenvalue weighted by molar-refractivity contribution is -0.121. The minimum Gasteiger partial charge on any atom is -0.482 e. The highest BCUT2D eigenvalue weighted by Crippen LogP contribution is 2.36. The van der Waals surface area contributed by atoms with Crippen LogP contribution in [0.2, 0.25) is 5.02 Å². The van der Waals surface area contributed by atoms with E-state index in [1.54, 1.807) is 24.3 Å². The summed E-state index contributed by atoms with van der Waals surface area (Å²) < 4.78 is 19.6. The first-order valence-corrected chi connectivity index (χ1v) is 9.17. The number of hydrogen-bond acceptors (Lipinski definition) is 3. The number of fused-ring (bicyclic) bond motifs is 1. The molecule has 0 radical (unpaired) electrons. The lowest BCUT2D eigenvalue weighted by Gasteiger charge is -2.30. The summed E-state index contributed by atoms with van der Waals surface area (Å²) in [6.07, 6.45) is 2.16. The third kappa shape index (κ3) is 4.39. The van der Waals surface area contributed by atoms with Gasteiger partial charge in [-0.15, -0.1) is 0 Å². The number of nitrogens with zero attached hydrogens (tertiary/aromatic N) is 1. The SMILES string of the molecule is CCCCC(=O)Nc1ccc2c(c1)N(Cc1c(F)cccc1Cl)C(=O)CO2. The van der Waals surface area contributed by atoms with Crippen molar-refractivity contribution in [3.63, 3.8) is 0 Å². The predicted octanol–water partition coefficient (Wildman–Crippen LogP) is 4.53. The van der Waals surface area contributed by atoms with Crippen molar-refractivity contribution in [1.29, 1.82) is 0 Å². The zero-order chi connectivity index (χ0) is 19.4. The van der Waals surface area contributed by atoms with Crippen molar-refractivity contribution < 1.29 is 18.7 Å². The van der Waals surface area contributed by atoms with Crippen molar-refractivity contribution in [2.45, 2.75) is 32.7 Å². The van der Waals surface area contributed by atoms with Gasteiger partial charge in [-0.1, -0.05) is 31.0 Å². The summed E-state index contributed by atoms with van der Waals surface area (Å²) in [5.74, 6) is -0.388. The van der Waals surface area contributed by atoms with E-state index in [-0.39, 0.29) is 35.6 Å². The number of carbonyl (C=O) groups is 2. The monoisotopic (exact) mass is 390 g/mol. The highest BCUT2D eigenvalue weighted by Gasteiger charge is 2.27. The van der Waals surface area contributed by atoms with E-state index in [9.17, 15) is 14.0 Å². The van der Waals surface area contributed by atoms with Gasteiger partial charge in [-0.3, -0.25) is 9.59 Å². The van der Waals surface area contributed by atoms with Crippen LogP contribution in [-0.4, -0.2) is 18.4 Å². The first-order chi connectivity index (χ1) is 13.0. The molecule has 3 rings (SSSR count). The van der Waals surface area contributed by atoms with Crippen molar-refractivity contribution in [3.05, 3.63) is 52.8 Å². The Morgan fingerprint density at radius 2 is 2.15 bits per heavy atom. The third-order valence-electron chi connectivity index (χ3n) is 4.32. The zero-order valence-electron chi connectivity index (χ0n) is 14.9. The van der Waals surface area contributed by atoms with E-state index < -0.39 is 5.82 Å². The first kappa shape index (κ1) is 19.2. The molecule has 5 nitrogen and oxygen atoms in total. The standard InChI is InChI=1S/C20H20ClFN2O3/c1-2-3-7-19(25)23-13-8-9-18-17(10-13)24(20(26)12-27-18)11-14-15(21)5-4-6-16(14)22/h4-6,8-10H,2-3,7,11-12H2,1H3,(H,23,25). The summed E-state index contributed by atoms with van der Waals surface area (Å²) in [6.45, 7) is 1.86. The molecule has 1 N–H and O–H groups in total. The van der Waals surface area contributed by atoms with Crippen molar-refractivity contribution in [2.24, 2.45) is 0 Å². The molecule has 142 valence electrons. The average Bonchev–Trinajstić information content (AvgIpc) is 2.64. The summed E-state index contributed by atoms with van der Waals surface area (Å²) >= 11 is 6.11. The Kier molecular flexibility index (Phi) is 5.96. The zero-order valence-corrected chi connectivity index (χ0v) is 15.7. The number of amides is 2. The molecule has 0 saturated heterocycles. The molecule has 0 aliphatic carbocycles. The highest BCUT2D eigenvalue weighted by atomic mass is 35.5. The molecule has 0 bridgehead atoms. The summed E-state index contributed by atoms with van der Waals surface area (Å²) in [4.78, 5) is 25.8. The Morgan fingerprint density at radius 1 is 1.33 bits per heavy atom.